The van der Waals surface area contributed by atoms with E-state index >= 15 is 0 Å². The maximum absolute atomic E-state index is 13.8. The Morgan fingerprint density at radius 2 is 1.76 bits per heavy atom. The van der Waals surface area contributed by atoms with Crippen LogP contribution in [0.25, 0.3) is 10.9 Å². The van der Waals surface area contributed by atoms with Gasteiger partial charge in [-0.2, -0.15) is 8.42 Å². The van der Waals surface area contributed by atoms with Gasteiger partial charge in [0.25, 0.3) is 21.5 Å². The summed E-state index contributed by atoms with van der Waals surface area (Å²) < 4.78 is 32.2. The molecule has 38 heavy (non-hydrogen) atoms. The number of aromatic hydroxyl groups is 1. The molecule has 194 valence electrons. The fourth-order valence-corrected chi connectivity index (χ4v) is 7.35. The zero-order valence-electron chi connectivity index (χ0n) is 20.0. The highest BCUT2D eigenvalue weighted by Gasteiger charge is 2.36. The van der Waals surface area contributed by atoms with Crippen molar-refractivity contribution >= 4 is 49.0 Å². The zero-order valence-corrected chi connectivity index (χ0v) is 21.7. The lowest BCUT2D eigenvalue weighted by atomic mass is 10.1. The van der Waals surface area contributed by atoms with Crippen molar-refractivity contribution in [1.82, 2.24) is 14.8 Å². The van der Waals surface area contributed by atoms with Gasteiger partial charge in [0.15, 0.2) is 5.84 Å². The van der Waals surface area contributed by atoms with Gasteiger partial charge >= 0.3 is 0 Å². The fourth-order valence-electron chi connectivity index (χ4n) is 4.81. The van der Waals surface area contributed by atoms with Gasteiger partial charge in [0.2, 0.25) is 0 Å². The average Bonchev–Trinajstić information content (AvgIpc) is 3.37. The van der Waals surface area contributed by atoms with Crippen molar-refractivity contribution in [3.05, 3.63) is 87.0 Å². The maximum atomic E-state index is 13.8. The summed E-state index contributed by atoms with van der Waals surface area (Å²) in [5, 5.41) is 19.3. The van der Waals surface area contributed by atoms with Crippen molar-refractivity contribution in [2.24, 2.45) is 4.40 Å². The number of para-hydroxylation sites is 1. The molecular formula is C26H23N5O5S2. The van der Waals surface area contributed by atoms with E-state index in [0.717, 1.165) is 16.9 Å². The Kier molecular flexibility index (Phi) is 6.01. The van der Waals surface area contributed by atoms with Crippen LogP contribution < -0.4 is 16.2 Å². The molecule has 2 aromatic carbocycles. The Hall–Kier alpha value is -4.00. The van der Waals surface area contributed by atoms with E-state index in [1.165, 1.54) is 9.95 Å². The molecule has 4 aromatic rings. The summed E-state index contributed by atoms with van der Waals surface area (Å²) in [6.45, 7) is 2.40. The summed E-state index contributed by atoms with van der Waals surface area (Å²) in [5.74, 6) is -1.03. The maximum Gasteiger partial charge on any atom is 0.288 e. The molecule has 3 N–H and O–H groups in total. The van der Waals surface area contributed by atoms with Crippen molar-refractivity contribution in [1.29, 1.82) is 0 Å². The van der Waals surface area contributed by atoms with Crippen LogP contribution in [-0.2, 0) is 16.6 Å². The second-order valence-electron chi connectivity index (χ2n) is 9.01. The number of benzene rings is 2. The standard InChI is InChI=1S/C26H23N5O5S2/c32-21-17-8-4-5-9-19(17)31(14-16-6-2-1-3-7-16)26(34)20(21)23-28-24-22(38(35,36)29-23)18(15-37-24)25(33)30-12-10-27-11-13-30/h1-9,15,27,32H,10-14H2,(H,28,29). The van der Waals surface area contributed by atoms with Crippen LogP contribution in [0.2, 0.25) is 0 Å². The number of carbonyl (C=O) groups excluding carboxylic acids is 1. The molecule has 1 fully saturated rings. The third-order valence-electron chi connectivity index (χ3n) is 6.65. The molecule has 0 unspecified atom stereocenters. The number of piperazine rings is 1. The second kappa shape index (κ2) is 9.39. The SMILES string of the molecule is O=C(c1csc2c1S(=O)(=O)N=C(c1c(O)c3ccccc3n(Cc3ccccc3)c1=O)N2)N1CCNCC1. The minimum absolute atomic E-state index is 0.0476. The molecule has 0 spiro atoms. The van der Waals surface area contributed by atoms with Crippen LogP contribution >= 0.6 is 11.3 Å². The summed E-state index contributed by atoms with van der Waals surface area (Å²) in [7, 11) is -4.36. The van der Waals surface area contributed by atoms with Crippen LogP contribution in [0.3, 0.4) is 0 Å². The first-order valence-electron chi connectivity index (χ1n) is 12.0. The zero-order chi connectivity index (χ0) is 26.4. The molecule has 10 nitrogen and oxygen atoms in total. The van der Waals surface area contributed by atoms with Gasteiger partial charge in [-0.25, -0.2) is 0 Å². The average molecular weight is 550 g/mol. The predicted octanol–water partition coefficient (Wildman–Crippen LogP) is 2.42. The van der Waals surface area contributed by atoms with Gasteiger partial charge in [0, 0.05) is 36.9 Å². The van der Waals surface area contributed by atoms with E-state index in [1.807, 2.05) is 30.3 Å². The molecule has 2 aliphatic rings. The Balaban J connectivity index is 1.47. The third kappa shape index (κ3) is 4.06. The van der Waals surface area contributed by atoms with Crippen LogP contribution in [0.15, 0.2) is 74.1 Å². The molecule has 12 heteroatoms. The van der Waals surface area contributed by atoms with Crippen molar-refractivity contribution in [3.63, 3.8) is 0 Å². The minimum atomic E-state index is -4.36. The Bertz CT molecular complexity index is 1770. The number of amides is 1. The van der Waals surface area contributed by atoms with E-state index in [4.69, 9.17) is 0 Å². The van der Waals surface area contributed by atoms with Crippen LogP contribution in [0, 0.1) is 0 Å². The van der Waals surface area contributed by atoms with Gasteiger partial charge in [-0.3, -0.25) is 9.59 Å². The van der Waals surface area contributed by atoms with E-state index in [9.17, 15) is 23.1 Å². The highest BCUT2D eigenvalue weighted by Crippen LogP contribution is 2.39. The molecule has 0 atom stereocenters. The number of fused-ring (bicyclic) bond motifs is 2. The van der Waals surface area contributed by atoms with Gasteiger partial charge in [-0.1, -0.05) is 42.5 Å². The predicted molar refractivity (Wildman–Crippen MR) is 146 cm³/mol. The van der Waals surface area contributed by atoms with Gasteiger partial charge in [0.05, 0.1) is 17.6 Å². The van der Waals surface area contributed by atoms with Crippen LogP contribution in [0.5, 0.6) is 5.75 Å². The molecular weight excluding hydrogens is 526 g/mol. The molecule has 1 amide bonds. The minimum Gasteiger partial charge on any atom is -0.506 e. The first kappa shape index (κ1) is 24.3. The highest BCUT2D eigenvalue weighted by molar-refractivity contribution is 7.90. The van der Waals surface area contributed by atoms with Crippen LogP contribution in [0.4, 0.5) is 5.00 Å². The number of nitrogens with one attached hydrogen (secondary N) is 2. The molecule has 2 aromatic heterocycles. The molecule has 0 aliphatic carbocycles. The second-order valence-corrected chi connectivity index (χ2v) is 11.4. The van der Waals surface area contributed by atoms with E-state index < -0.39 is 15.6 Å². The van der Waals surface area contributed by atoms with Gasteiger partial charge < -0.3 is 25.2 Å². The highest BCUT2D eigenvalue weighted by atomic mass is 32.2. The number of aromatic nitrogens is 1. The number of amidine groups is 1. The number of carbonyl (C=O) groups is 1. The number of anilines is 1. The molecule has 0 radical (unpaired) electrons. The van der Waals surface area contributed by atoms with E-state index in [2.05, 4.69) is 15.0 Å². The summed E-state index contributed by atoms with van der Waals surface area (Å²) >= 11 is 1.04. The van der Waals surface area contributed by atoms with E-state index in [0.29, 0.717) is 37.1 Å². The number of hydrogen-bond donors (Lipinski definition) is 3. The molecule has 0 saturated carbocycles. The molecule has 1 saturated heterocycles. The summed E-state index contributed by atoms with van der Waals surface area (Å²) in [6.07, 6.45) is 0. The first-order valence-corrected chi connectivity index (χ1v) is 14.3. The Morgan fingerprint density at radius 3 is 2.53 bits per heavy atom. The quantitative estimate of drug-likeness (QED) is 0.356. The van der Waals surface area contributed by atoms with Crippen molar-refractivity contribution in [2.75, 3.05) is 31.5 Å². The topological polar surface area (TPSA) is 133 Å². The number of rotatable bonds is 4. The number of nitrogens with zero attached hydrogens (tertiary/aromatic N) is 3. The third-order valence-corrected chi connectivity index (χ3v) is 9.04. The summed E-state index contributed by atoms with van der Waals surface area (Å²) in [4.78, 5) is 28.3. The Morgan fingerprint density at radius 1 is 1.05 bits per heavy atom. The lowest BCUT2D eigenvalue weighted by Gasteiger charge is -2.27. The molecule has 2 aliphatic heterocycles. The lowest BCUT2D eigenvalue weighted by Crippen LogP contribution is -2.46. The van der Waals surface area contributed by atoms with Crippen molar-refractivity contribution in [3.8, 4) is 5.75 Å². The largest absolute Gasteiger partial charge is 0.506 e. The normalized spacial score (nSPS) is 16.5. The monoisotopic (exact) mass is 549 g/mol. The number of sulfonamides is 1. The number of pyridine rings is 1. The molecule has 4 heterocycles. The van der Waals surface area contributed by atoms with E-state index in [1.54, 1.807) is 29.2 Å². The van der Waals surface area contributed by atoms with E-state index in [-0.39, 0.29) is 45.1 Å². The fraction of sp³-hybridized carbons (Fsp3) is 0.192. The van der Waals surface area contributed by atoms with Gasteiger partial charge in [0.1, 0.15) is 21.2 Å². The van der Waals surface area contributed by atoms with Crippen LogP contribution in [0.1, 0.15) is 21.5 Å². The van der Waals surface area contributed by atoms with Gasteiger partial charge in [-0.05, 0) is 17.7 Å². The Labute approximate surface area is 221 Å². The number of thiophene rings is 1. The first-order chi connectivity index (χ1) is 18.3. The number of hydrogen-bond acceptors (Lipinski definition) is 8. The lowest BCUT2D eigenvalue weighted by molar-refractivity contribution is 0.0732. The van der Waals surface area contributed by atoms with Crippen molar-refractivity contribution < 1.29 is 18.3 Å². The molecule has 0 bridgehead atoms. The van der Waals surface area contributed by atoms with Gasteiger partial charge in [-0.15, -0.1) is 15.7 Å². The summed E-state index contributed by atoms with van der Waals surface area (Å²) in [6, 6.07) is 16.2. The smallest absolute Gasteiger partial charge is 0.288 e. The summed E-state index contributed by atoms with van der Waals surface area (Å²) in [5.41, 5.74) is 0.564. The van der Waals surface area contributed by atoms with Crippen LogP contribution in [-0.4, -0.2) is 60.9 Å². The van der Waals surface area contributed by atoms with Crippen molar-refractivity contribution in [2.45, 2.75) is 11.4 Å². The molecule has 6 rings (SSSR count).